The van der Waals surface area contributed by atoms with Gasteiger partial charge in [-0.05, 0) is 24.3 Å². The first-order chi connectivity index (χ1) is 12.6. The monoisotopic (exact) mass is 357 g/mol. The first kappa shape index (κ1) is 21.1. The maximum Gasteiger partial charge on any atom is 0.344 e. The molecule has 27 heavy (non-hydrogen) atoms. The predicted molar refractivity (Wildman–Crippen MR) is 100 cm³/mol. The maximum absolute atomic E-state index is 12.1. The van der Waals surface area contributed by atoms with E-state index in [4.69, 9.17) is 14.7 Å². The molecule has 1 aromatic heterocycles. The maximum atomic E-state index is 12.1. The number of hydrogen-bond donors (Lipinski definition) is 0. The van der Waals surface area contributed by atoms with E-state index in [0.29, 0.717) is 5.56 Å². The number of carbonyl (C=O) groups excluding carboxylic acids is 2. The van der Waals surface area contributed by atoms with Crippen LogP contribution in [0.25, 0.3) is 0 Å². The fraction of sp³-hybridized carbons (Fsp3) is 0. The van der Waals surface area contributed by atoms with Gasteiger partial charge >= 0.3 is 11.9 Å². The van der Waals surface area contributed by atoms with Crippen LogP contribution >= 0.6 is 0 Å². The normalized spacial score (nSPS) is 9.96. The second-order valence-electron chi connectivity index (χ2n) is 4.82. The van der Waals surface area contributed by atoms with E-state index >= 15 is 0 Å². The Hall–Kier alpha value is -3.92. The molecule has 1 aromatic carbocycles. The fourth-order valence-corrected chi connectivity index (χ4v) is 1.86. The van der Waals surface area contributed by atoms with Crippen molar-refractivity contribution in [3.63, 3.8) is 0 Å². The van der Waals surface area contributed by atoms with Crippen molar-refractivity contribution in [3.05, 3.63) is 90.6 Å². The zero-order chi connectivity index (χ0) is 18.9. The molecule has 0 spiro atoms. The molecule has 0 amide bonds. The number of carbonyl (C=O) groups is 2. The summed E-state index contributed by atoms with van der Waals surface area (Å²) in [4.78, 5) is 28.1. The Kier molecular flexibility index (Phi) is 7.95. The van der Waals surface area contributed by atoms with Gasteiger partial charge < -0.3 is 9.47 Å². The van der Waals surface area contributed by atoms with Crippen LogP contribution < -0.4 is 9.47 Å². The second-order valence-corrected chi connectivity index (χ2v) is 4.82. The van der Waals surface area contributed by atoms with E-state index in [9.17, 15) is 9.59 Å². The van der Waals surface area contributed by atoms with Crippen LogP contribution in [0.3, 0.4) is 0 Å². The zero-order valence-electron chi connectivity index (χ0n) is 14.3. The number of ether oxygens (including phenoxy) is 2. The largest absolute Gasteiger partial charge is 0.404 e. The molecule has 0 saturated heterocycles. The number of rotatable bonds is 6. The van der Waals surface area contributed by atoms with Crippen molar-refractivity contribution < 1.29 is 19.1 Å². The topological polar surface area (TPSA) is 89.3 Å². The van der Waals surface area contributed by atoms with Gasteiger partial charge in [0.05, 0.1) is 11.1 Å². The Morgan fingerprint density at radius 1 is 1.07 bits per heavy atom. The van der Waals surface area contributed by atoms with Gasteiger partial charge in [-0.3, -0.25) is 0 Å². The Bertz CT molecular complexity index is 931. The second kappa shape index (κ2) is 10.2. The van der Waals surface area contributed by atoms with Crippen LogP contribution in [-0.2, 0) is 4.79 Å². The number of aromatic nitrogens is 1. The average molecular weight is 357 g/mol. The molecule has 0 fully saturated rings. The van der Waals surface area contributed by atoms with E-state index in [1.165, 1.54) is 30.4 Å². The molecule has 0 N–H and O–H groups in total. The van der Waals surface area contributed by atoms with Crippen LogP contribution in [0.2, 0.25) is 0 Å². The molecule has 0 aliphatic carbocycles. The minimum atomic E-state index is -0.768. The first-order valence-corrected chi connectivity index (χ1v) is 7.44. The van der Waals surface area contributed by atoms with Gasteiger partial charge in [-0.1, -0.05) is 43.5 Å². The summed E-state index contributed by atoms with van der Waals surface area (Å²) < 4.78 is 10.3. The van der Waals surface area contributed by atoms with E-state index in [1.54, 1.807) is 30.3 Å². The Morgan fingerprint density at radius 3 is 2.37 bits per heavy atom. The zero-order valence-corrected chi connectivity index (χ0v) is 14.3. The lowest BCUT2D eigenvalue weighted by Crippen LogP contribution is -2.13. The van der Waals surface area contributed by atoms with E-state index in [1.807, 2.05) is 6.07 Å². The molecule has 3 radical (unpaired) electrons. The quantitative estimate of drug-likeness (QED) is 0.342. The fourth-order valence-electron chi connectivity index (χ4n) is 1.86. The van der Waals surface area contributed by atoms with Crippen LogP contribution in [0.15, 0.2) is 79.4 Å². The van der Waals surface area contributed by atoms with Crippen LogP contribution in [0.1, 0.15) is 15.9 Å². The van der Waals surface area contributed by atoms with E-state index < -0.39 is 11.9 Å². The van der Waals surface area contributed by atoms with Gasteiger partial charge in [0, 0.05) is 14.5 Å². The molecule has 2 rings (SSSR count). The smallest absolute Gasteiger partial charge is 0.344 e. The molecule has 6 nitrogen and oxygen atoms in total. The van der Waals surface area contributed by atoms with E-state index in [0.717, 1.165) is 0 Å². The van der Waals surface area contributed by atoms with Gasteiger partial charge in [-0.25, -0.2) is 9.59 Å². The van der Waals surface area contributed by atoms with Crippen LogP contribution in [0, 0.1) is 11.3 Å². The Balaban J connectivity index is 0.00000364. The Labute approximate surface area is 158 Å². The van der Waals surface area contributed by atoms with Crippen LogP contribution in [0.4, 0.5) is 0 Å². The van der Waals surface area contributed by atoms with Crippen molar-refractivity contribution >= 4 is 20.4 Å². The molecular weight excluding hydrogens is 343 g/mol. The summed E-state index contributed by atoms with van der Waals surface area (Å²) in [7, 11) is 0. The highest BCUT2D eigenvalue weighted by atomic mass is 16.6. The molecule has 1 heterocycles. The van der Waals surface area contributed by atoms with Crippen LogP contribution in [-0.4, -0.2) is 25.3 Å². The summed E-state index contributed by atoms with van der Waals surface area (Å²) in [5.41, 5.74) is 0.484. The van der Waals surface area contributed by atoms with Crippen molar-refractivity contribution in [2.24, 2.45) is 0 Å². The van der Waals surface area contributed by atoms with Gasteiger partial charge in [-0.2, -0.15) is 10.2 Å². The highest BCUT2D eigenvalue weighted by Gasteiger charge is 2.16. The molecule has 0 aliphatic heterocycles. The number of nitrogens with zero attached hydrogens (tertiary/aromatic N) is 2. The number of pyridine rings is 1. The number of esters is 2. The van der Waals surface area contributed by atoms with Crippen molar-refractivity contribution in [1.29, 1.82) is 5.26 Å². The standard InChI is InChI=1S/C20H14N2O4.B/c1-3-8-14(4-2)19(23)26-18-16(13-21)11-12-17(22-18)25-20(24)15-9-6-5-7-10-15;/h3-12H,1-2H2;/b14-8+;. The highest BCUT2D eigenvalue weighted by Crippen LogP contribution is 2.21. The minimum Gasteiger partial charge on any atom is -0.404 e. The molecule has 131 valence electrons. The van der Waals surface area contributed by atoms with Crippen molar-refractivity contribution in [3.8, 4) is 17.8 Å². The van der Waals surface area contributed by atoms with Gasteiger partial charge in [0.15, 0.2) is 0 Å². The van der Waals surface area contributed by atoms with Gasteiger partial charge in [-0.15, -0.1) is 0 Å². The predicted octanol–water partition coefficient (Wildman–Crippen LogP) is 3.00. The molecule has 0 atom stereocenters. The lowest BCUT2D eigenvalue weighted by molar-refractivity contribution is -0.130. The lowest BCUT2D eigenvalue weighted by Gasteiger charge is -2.08. The summed E-state index contributed by atoms with van der Waals surface area (Å²) in [5.74, 6) is -1.77. The number of allylic oxidation sites excluding steroid dienone is 2. The summed E-state index contributed by atoms with van der Waals surface area (Å²) in [6.45, 7) is 6.99. The number of hydrogen-bond acceptors (Lipinski definition) is 6. The summed E-state index contributed by atoms with van der Waals surface area (Å²) in [6.07, 6.45) is 4.09. The average Bonchev–Trinajstić information content (AvgIpc) is 2.67. The van der Waals surface area contributed by atoms with Gasteiger partial charge in [0.2, 0.25) is 11.8 Å². The van der Waals surface area contributed by atoms with E-state index in [2.05, 4.69) is 18.1 Å². The molecular formula is C20H14BN2O4. The molecule has 0 saturated carbocycles. The third-order valence-corrected chi connectivity index (χ3v) is 3.10. The molecule has 0 unspecified atom stereocenters. The molecule has 0 bridgehead atoms. The minimum absolute atomic E-state index is 0. The lowest BCUT2D eigenvalue weighted by atomic mass is 10.2. The summed E-state index contributed by atoms with van der Waals surface area (Å²) in [5, 5.41) is 9.14. The van der Waals surface area contributed by atoms with Crippen molar-refractivity contribution in [1.82, 2.24) is 4.98 Å². The third-order valence-electron chi connectivity index (χ3n) is 3.10. The summed E-state index contributed by atoms with van der Waals surface area (Å²) >= 11 is 0. The molecule has 2 aromatic rings. The van der Waals surface area contributed by atoms with Crippen molar-refractivity contribution in [2.45, 2.75) is 0 Å². The number of nitriles is 1. The molecule has 7 heteroatoms. The van der Waals surface area contributed by atoms with Gasteiger partial charge in [0.25, 0.3) is 0 Å². The van der Waals surface area contributed by atoms with Crippen molar-refractivity contribution in [2.75, 3.05) is 0 Å². The summed E-state index contributed by atoms with van der Waals surface area (Å²) in [6, 6.07) is 12.9. The van der Waals surface area contributed by atoms with Gasteiger partial charge in [0.1, 0.15) is 11.6 Å². The number of benzene rings is 1. The van der Waals surface area contributed by atoms with E-state index in [-0.39, 0.29) is 31.3 Å². The highest BCUT2D eigenvalue weighted by molar-refractivity contribution is 5.93. The SMILES string of the molecule is C=C/C=C(\C=C)C(=O)Oc1nc(OC(=O)c2ccccc2)ccc1C#N.[B]. The third kappa shape index (κ3) is 5.54. The first-order valence-electron chi connectivity index (χ1n) is 7.44. The Morgan fingerprint density at radius 2 is 1.78 bits per heavy atom. The van der Waals surface area contributed by atoms with Crippen LogP contribution in [0.5, 0.6) is 11.8 Å². The molecule has 0 aliphatic rings.